The van der Waals surface area contributed by atoms with Crippen molar-refractivity contribution in [2.24, 2.45) is 0 Å². The average molecular weight is 299 g/mol. The maximum absolute atomic E-state index is 12.2. The first kappa shape index (κ1) is 16.5. The number of hydrogen-bond acceptors (Lipinski definition) is 4. The van der Waals surface area contributed by atoms with E-state index in [0.29, 0.717) is 24.2 Å². The minimum Gasteiger partial charge on any atom is -0.399 e. The molecule has 1 amide bonds. The molecule has 0 saturated carbocycles. The quantitative estimate of drug-likeness (QED) is 0.643. The van der Waals surface area contributed by atoms with Gasteiger partial charge in [-0.3, -0.25) is 4.79 Å². The first-order valence-corrected chi connectivity index (χ1v) is 8.03. The van der Waals surface area contributed by atoms with E-state index >= 15 is 0 Å². The number of sulfonamides is 1. The van der Waals surface area contributed by atoms with E-state index in [2.05, 4.69) is 10.0 Å². The fraction of sp³-hybridized carbons (Fsp3) is 0.462. The van der Waals surface area contributed by atoms with Gasteiger partial charge in [-0.15, -0.1) is 0 Å². The van der Waals surface area contributed by atoms with Crippen LogP contribution in [0.5, 0.6) is 0 Å². The molecule has 0 aliphatic rings. The van der Waals surface area contributed by atoms with Crippen molar-refractivity contribution < 1.29 is 13.2 Å². The van der Waals surface area contributed by atoms with Crippen molar-refractivity contribution >= 4 is 21.6 Å². The lowest BCUT2D eigenvalue weighted by Gasteiger charge is -2.11. The Labute approximate surface area is 119 Å². The van der Waals surface area contributed by atoms with E-state index in [9.17, 15) is 13.2 Å². The van der Waals surface area contributed by atoms with Crippen LogP contribution in [-0.4, -0.2) is 27.4 Å². The molecular weight excluding hydrogens is 278 g/mol. The highest BCUT2D eigenvalue weighted by molar-refractivity contribution is 7.89. The molecule has 0 fully saturated rings. The van der Waals surface area contributed by atoms with E-state index in [1.54, 1.807) is 12.1 Å². The summed E-state index contributed by atoms with van der Waals surface area (Å²) in [6.45, 7) is 4.03. The second-order valence-electron chi connectivity index (χ2n) is 4.40. The number of hydrogen-bond donors (Lipinski definition) is 3. The molecule has 20 heavy (non-hydrogen) atoms. The molecule has 0 atom stereocenters. The van der Waals surface area contributed by atoms with Crippen molar-refractivity contribution in [3.63, 3.8) is 0 Å². The molecule has 112 valence electrons. The average Bonchev–Trinajstić information content (AvgIpc) is 2.43. The number of carbonyl (C=O) groups is 1. The zero-order valence-electron chi connectivity index (χ0n) is 11.8. The molecule has 0 unspecified atom stereocenters. The van der Waals surface area contributed by atoms with Crippen molar-refractivity contribution in [2.75, 3.05) is 18.8 Å². The van der Waals surface area contributed by atoms with Crippen LogP contribution in [0.25, 0.3) is 0 Å². The molecule has 1 rings (SSSR count). The Morgan fingerprint density at radius 3 is 2.60 bits per heavy atom. The lowest BCUT2D eigenvalue weighted by atomic mass is 10.1. The SMILES string of the molecule is CCCNC(=O)CNS(=O)(=O)c1cc(N)ccc1CC. The number of nitrogens with two attached hydrogens (primary N) is 1. The zero-order chi connectivity index (χ0) is 15.2. The Kier molecular flexibility index (Phi) is 5.97. The van der Waals surface area contributed by atoms with Crippen molar-refractivity contribution in [1.29, 1.82) is 0 Å². The Morgan fingerprint density at radius 2 is 2.00 bits per heavy atom. The summed E-state index contributed by atoms with van der Waals surface area (Å²) in [4.78, 5) is 11.6. The monoisotopic (exact) mass is 299 g/mol. The van der Waals surface area contributed by atoms with Crippen molar-refractivity contribution in [3.8, 4) is 0 Å². The van der Waals surface area contributed by atoms with Crippen LogP contribution in [0.4, 0.5) is 5.69 Å². The summed E-state index contributed by atoms with van der Waals surface area (Å²) in [5.41, 5.74) is 6.67. The normalized spacial score (nSPS) is 11.3. The van der Waals surface area contributed by atoms with Gasteiger partial charge in [-0.1, -0.05) is 19.9 Å². The van der Waals surface area contributed by atoms with Gasteiger partial charge in [0.2, 0.25) is 15.9 Å². The molecule has 6 nitrogen and oxygen atoms in total. The third kappa shape index (κ3) is 4.50. The lowest BCUT2D eigenvalue weighted by Crippen LogP contribution is -2.37. The first-order valence-electron chi connectivity index (χ1n) is 6.55. The van der Waals surface area contributed by atoms with Crippen molar-refractivity contribution in [1.82, 2.24) is 10.0 Å². The van der Waals surface area contributed by atoms with Gasteiger partial charge in [0.1, 0.15) is 0 Å². The van der Waals surface area contributed by atoms with Gasteiger partial charge in [-0.05, 0) is 30.5 Å². The number of nitrogen functional groups attached to an aromatic ring is 1. The van der Waals surface area contributed by atoms with Crippen LogP contribution in [0.15, 0.2) is 23.1 Å². The fourth-order valence-electron chi connectivity index (χ4n) is 1.68. The maximum atomic E-state index is 12.2. The number of carbonyl (C=O) groups excluding carboxylic acids is 1. The van der Waals surface area contributed by atoms with Gasteiger partial charge < -0.3 is 11.1 Å². The molecule has 7 heteroatoms. The van der Waals surface area contributed by atoms with Gasteiger partial charge in [0.05, 0.1) is 11.4 Å². The standard InChI is InChI=1S/C13H21N3O3S/c1-3-7-15-13(17)9-16-20(18,19)12-8-11(14)6-5-10(12)4-2/h5-6,8,16H,3-4,7,9,14H2,1-2H3,(H,15,17). The van der Waals surface area contributed by atoms with Crippen molar-refractivity contribution in [3.05, 3.63) is 23.8 Å². The number of anilines is 1. The Hall–Kier alpha value is -1.60. The summed E-state index contributed by atoms with van der Waals surface area (Å²) in [6, 6.07) is 4.75. The van der Waals surface area contributed by atoms with E-state index in [1.165, 1.54) is 6.07 Å². The second kappa shape index (κ2) is 7.25. The molecule has 0 heterocycles. The van der Waals surface area contributed by atoms with Gasteiger partial charge in [0, 0.05) is 12.2 Å². The largest absolute Gasteiger partial charge is 0.399 e. The van der Waals surface area contributed by atoms with Crippen LogP contribution >= 0.6 is 0 Å². The Balaban J connectivity index is 2.84. The van der Waals surface area contributed by atoms with Gasteiger partial charge in [0.15, 0.2) is 0 Å². The lowest BCUT2D eigenvalue weighted by molar-refractivity contribution is -0.119. The smallest absolute Gasteiger partial charge is 0.241 e. The number of rotatable bonds is 7. The Bertz CT molecular complexity index is 570. The Morgan fingerprint density at radius 1 is 1.30 bits per heavy atom. The molecule has 0 aromatic heterocycles. The van der Waals surface area contributed by atoms with E-state index in [0.717, 1.165) is 6.42 Å². The second-order valence-corrected chi connectivity index (χ2v) is 6.13. The van der Waals surface area contributed by atoms with E-state index in [-0.39, 0.29) is 17.3 Å². The van der Waals surface area contributed by atoms with Crippen molar-refractivity contribution in [2.45, 2.75) is 31.6 Å². The number of aryl methyl sites for hydroxylation is 1. The zero-order valence-corrected chi connectivity index (χ0v) is 12.6. The summed E-state index contributed by atoms with van der Waals surface area (Å²) in [5.74, 6) is -0.350. The molecule has 4 N–H and O–H groups in total. The predicted octanol–water partition coefficient (Wildman–Crippen LogP) is 0.636. The highest BCUT2D eigenvalue weighted by Gasteiger charge is 2.19. The fourth-order valence-corrected chi connectivity index (χ4v) is 3.00. The third-order valence-electron chi connectivity index (χ3n) is 2.76. The number of amides is 1. The molecule has 0 saturated heterocycles. The van der Waals surface area contributed by atoms with E-state index in [4.69, 9.17) is 5.73 Å². The molecule has 1 aromatic carbocycles. The summed E-state index contributed by atoms with van der Waals surface area (Å²) >= 11 is 0. The molecule has 0 radical (unpaired) electrons. The maximum Gasteiger partial charge on any atom is 0.241 e. The number of nitrogens with one attached hydrogen (secondary N) is 2. The molecule has 0 aliphatic carbocycles. The molecule has 0 aliphatic heterocycles. The summed E-state index contributed by atoms with van der Waals surface area (Å²) in [6.07, 6.45) is 1.37. The van der Waals surface area contributed by atoms with Crippen LogP contribution in [0.1, 0.15) is 25.8 Å². The first-order chi connectivity index (χ1) is 9.40. The molecule has 1 aromatic rings. The summed E-state index contributed by atoms with van der Waals surface area (Å²) in [7, 11) is -3.74. The van der Waals surface area contributed by atoms with Gasteiger partial charge in [-0.25, -0.2) is 13.1 Å². The van der Waals surface area contributed by atoms with E-state index < -0.39 is 10.0 Å². The predicted molar refractivity (Wildman–Crippen MR) is 78.7 cm³/mol. The molecule has 0 spiro atoms. The highest BCUT2D eigenvalue weighted by atomic mass is 32.2. The minimum absolute atomic E-state index is 0.128. The van der Waals surface area contributed by atoms with E-state index in [1.807, 2.05) is 13.8 Å². The number of benzene rings is 1. The van der Waals surface area contributed by atoms with Crippen LogP contribution < -0.4 is 15.8 Å². The minimum atomic E-state index is -3.74. The van der Waals surface area contributed by atoms with Crippen LogP contribution in [0.3, 0.4) is 0 Å². The highest BCUT2D eigenvalue weighted by Crippen LogP contribution is 2.19. The van der Waals surface area contributed by atoms with Crippen LogP contribution in [-0.2, 0) is 21.2 Å². The van der Waals surface area contributed by atoms with Gasteiger partial charge in [0.25, 0.3) is 0 Å². The summed E-state index contributed by atoms with van der Waals surface area (Å²) in [5, 5.41) is 2.61. The summed E-state index contributed by atoms with van der Waals surface area (Å²) < 4.78 is 26.7. The molecule has 0 bridgehead atoms. The third-order valence-corrected chi connectivity index (χ3v) is 4.24. The van der Waals surface area contributed by atoms with Gasteiger partial charge in [-0.2, -0.15) is 0 Å². The topological polar surface area (TPSA) is 101 Å². The van der Waals surface area contributed by atoms with Crippen LogP contribution in [0.2, 0.25) is 0 Å². The van der Waals surface area contributed by atoms with Gasteiger partial charge >= 0.3 is 0 Å². The van der Waals surface area contributed by atoms with Crippen LogP contribution in [0, 0.1) is 0 Å². The molecular formula is C13H21N3O3S.